The molecule has 1 N–H and O–H groups in total. The van der Waals surface area contributed by atoms with Crippen molar-refractivity contribution in [3.05, 3.63) is 59.9 Å². The number of carbonyl (C=O) groups excluding carboxylic acids is 1. The molecule has 1 amide bonds. The molecular weight excluding hydrogens is 345 g/mol. The van der Waals surface area contributed by atoms with Crippen LogP contribution in [0.15, 0.2) is 53.4 Å². The molecule has 25 heavy (non-hydrogen) atoms. The molecule has 5 nitrogen and oxygen atoms in total. The van der Waals surface area contributed by atoms with E-state index in [1.54, 1.807) is 12.1 Å². The summed E-state index contributed by atoms with van der Waals surface area (Å²) in [6.07, 6.45) is 0. The van der Waals surface area contributed by atoms with Crippen LogP contribution in [0.3, 0.4) is 0 Å². The third-order valence-corrected chi connectivity index (χ3v) is 5.68. The summed E-state index contributed by atoms with van der Waals surface area (Å²) in [5, 5.41) is 1.86. The molecule has 0 unspecified atom stereocenters. The van der Waals surface area contributed by atoms with E-state index in [0.717, 1.165) is 12.1 Å². The summed E-state index contributed by atoms with van der Waals surface area (Å²) in [6.45, 7) is 3.42. The second-order valence-electron chi connectivity index (χ2n) is 5.65. The number of sulfone groups is 1. The van der Waals surface area contributed by atoms with E-state index < -0.39 is 26.8 Å². The van der Waals surface area contributed by atoms with Crippen LogP contribution in [0.5, 0.6) is 5.75 Å². The first-order valence-corrected chi connectivity index (χ1v) is 9.36. The molecule has 2 aromatic rings. The molecule has 0 aliphatic carbocycles. The summed E-state index contributed by atoms with van der Waals surface area (Å²) in [6, 6.07) is 12.3. The molecule has 7 heteroatoms. The molecule has 0 aliphatic rings. The Hall–Kier alpha value is -2.41. The summed E-state index contributed by atoms with van der Waals surface area (Å²) in [4.78, 5) is 12.0. The van der Waals surface area contributed by atoms with Gasteiger partial charge in [-0.05, 0) is 44.2 Å². The van der Waals surface area contributed by atoms with E-state index in [2.05, 4.69) is 5.32 Å². The maximum Gasteiger partial charge on any atom is 0.254 e. The zero-order chi connectivity index (χ0) is 18.4. The monoisotopic (exact) mass is 365 g/mol. The van der Waals surface area contributed by atoms with E-state index >= 15 is 0 Å². The summed E-state index contributed by atoms with van der Waals surface area (Å²) in [5.74, 6) is -0.799. The highest BCUT2D eigenvalue weighted by atomic mass is 32.2. The van der Waals surface area contributed by atoms with Crippen molar-refractivity contribution in [1.82, 2.24) is 5.32 Å². The van der Waals surface area contributed by atoms with E-state index in [0.29, 0.717) is 5.75 Å². The lowest BCUT2D eigenvalue weighted by Crippen LogP contribution is -2.29. The summed E-state index contributed by atoms with van der Waals surface area (Å²) < 4.78 is 43.6. The number of halogens is 1. The number of para-hydroxylation sites is 1. The molecule has 0 saturated carbocycles. The van der Waals surface area contributed by atoms with Crippen molar-refractivity contribution >= 4 is 15.7 Å². The van der Waals surface area contributed by atoms with Crippen molar-refractivity contribution in [2.24, 2.45) is 0 Å². The third-order valence-electron chi connectivity index (χ3n) is 3.53. The lowest BCUT2D eigenvalue weighted by Gasteiger charge is -2.11. The highest BCUT2D eigenvalue weighted by Crippen LogP contribution is 2.19. The zero-order valence-corrected chi connectivity index (χ0v) is 14.8. The Labute approximate surface area is 146 Å². The van der Waals surface area contributed by atoms with Gasteiger partial charge in [0.15, 0.2) is 9.84 Å². The average molecular weight is 365 g/mol. The van der Waals surface area contributed by atoms with Crippen LogP contribution >= 0.6 is 0 Å². The van der Waals surface area contributed by atoms with Gasteiger partial charge in [0.05, 0.1) is 22.3 Å². The van der Waals surface area contributed by atoms with E-state index in [1.807, 2.05) is 18.2 Å². The van der Waals surface area contributed by atoms with Gasteiger partial charge in [0.25, 0.3) is 5.91 Å². The predicted molar refractivity (Wildman–Crippen MR) is 93.0 cm³/mol. The molecule has 0 radical (unpaired) electrons. The van der Waals surface area contributed by atoms with Crippen molar-refractivity contribution in [3.8, 4) is 5.75 Å². The van der Waals surface area contributed by atoms with Gasteiger partial charge in [0.2, 0.25) is 0 Å². The molecule has 2 aromatic carbocycles. The molecule has 0 spiro atoms. The number of ether oxygens (including phenoxy) is 1. The van der Waals surface area contributed by atoms with Crippen molar-refractivity contribution < 1.29 is 22.3 Å². The number of benzene rings is 2. The van der Waals surface area contributed by atoms with Gasteiger partial charge in [-0.15, -0.1) is 0 Å². The van der Waals surface area contributed by atoms with Gasteiger partial charge in [-0.3, -0.25) is 4.79 Å². The molecule has 0 aromatic heterocycles. The van der Waals surface area contributed by atoms with E-state index in [-0.39, 0.29) is 23.6 Å². The lowest BCUT2D eigenvalue weighted by molar-refractivity contribution is 0.0942. The minimum absolute atomic E-state index is 0.0745. The number of hydrogen-bond acceptors (Lipinski definition) is 4. The fourth-order valence-corrected chi connectivity index (χ4v) is 3.16. The van der Waals surface area contributed by atoms with Crippen LogP contribution in [-0.4, -0.2) is 32.7 Å². The Morgan fingerprint density at radius 1 is 1.16 bits per heavy atom. The summed E-state index contributed by atoms with van der Waals surface area (Å²) in [7, 11) is -3.58. The van der Waals surface area contributed by atoms with E-state index in [4.69, 9.17) is 4.74 Å². The van der Waals surface area contributed by atoms with Crippen LogP contribution in [0.2, 0.25) is 0 Å². The van der Waals surface area contributed by atoms with Crippen LogP contribution in [0.25, 0.3) is 0 Å². The maximum absolute atomic E-state index is 13.9. The minimum atomic E-state index is -3.58. The molecule has 134 valence electrons. The summed E-state index contributed by atoms with van der Waals surface area (Å²) in [5.41, 5.74) is -0.304. The van der Waals surface area contributed by atoms with Crippen LogP contribution in [0.1, 0.15) is 24.2 Å². The van der Waals surface area contributed by atoms with Gasteiger partial charge in [-0.2, -0.15) is 0 Å². The van der Waals surface area contributed by atoms with Crippen molar-refractivity contribution in [1.29, 1.82) is 0 Å². The number of rotatable bonds is 7. The molecule has 0 bridgehead atoms. The maximum atomic E-state index is 13.9. The predicted octanol–water partition coefficient (Wildman–Crippen LogP) is 2.82. The van der Waals surface area contributed by atoms with Crippen LogP contribution in [0, 0.1) is 5.82 Å². The second kappa shape index (κ2) is 8.11. The van der Waals surface area contributed by atoms with Gasteiger partial charge in [-0.25, -0.2) is 12.8 Å². The first kappa shape index (κ1) is 18.9. The summed E-state index contributed by atoms with van der Waals surface area (Å²) >= 11 is 0. The Morgan fingerprint density at radius 3 is 2.48 bits per heavy atom. The van der Waals surface area contributed by atoms with Gasteiger partial charge >= 0.3 is 0 Å². The minimum Gasteiger partial charge on any atom is -0.492 e. The van der Waals surface area contributed by atoms with Crippen LogP contribution < -0.4 is 10.1 Å². The first-order valence-electron chi connectivity index (χ1n) is 7.82. The number of amides is 1. The molecule has 0 saturated heterocycles. The Bertz CT molecular complexity index is 835. The lowest BCUT2D eigenvalue weighted by atomic mass is 10.2. The quantitative estimate of drug-likeness (QED) is 0.605. The van der Waals surface area contributed by atoms with Gasteiger partial charge in [-0.1, -0.05) is 18.2 Å². The van der Waals surface area contributed by atoms with Crippen LogP contribution in [-0.2, 0) is 9.84 Å². The normalized spacial score (nSPS) is 11.4. The molecular formula is C18H20FNO4S. The fourth-order valence-electron chi connectivity index (χ4n) is 2.07. The highest BCUT2D eigenvalue weighted by Gasteiger charge is 2.22. The number of nitrogens with one attached hydrogen (secondary N) is 1. The van der Waals surface area contributed by atoms with Gasteiger partial charge < -0.3 is 10.1 Å². The zero-order valence-electron chi connectivity index (χ0n) is 14.0. The smallest absolute Gasteiger partial charge is 0.254 e. The SMILES string of the molecule is CC(C)S(=O)(=O)c1ccc(F)c(C(=O)NCCOc2ccccc2)c1. The number of carbonyl (C=O) groups is 1. The third kappa shape index (κ3) is 4.79. The molecule has 0 atom stereocenters. The van der Waals surface area contributed by atoms with Crippen molar-refractivity contribution in [2.45, 2.75) is 24.0 Å². The van der Waals surface area contributed by atoms with Gasteiger partial charge in [0.1, 0.15) is 18.2 Å². The van der Waals surface area contributed by atoms with E-state index in [1.165, 1.54) is 19.9 Å². The van der Waals surface area contributed by atoms with Crippen molar-refractivity contribution in [3.63, 3.8) is 0 Å². The topological polar surface area (TPSA) is 72.5 Å². The standard InChI is InChI=1S/C18H20FNO4S/c1-13(2)25(22,23)15-8-9-17(19)16(12-15)18(21)20-10-11-24-14-6-4-3-5-7-14/h3-9,12-13H,10-11H2,1-2H3,(H,20,21). The number of hydrogen-bond donors (Lipinski definition) is 1. The fraction of sp³-hybridized carbons (Fsp3) is 0.278. The largest absolute Gasteiger partial charge is 0.492 e. The molecule has 2 rings (SSSR count). The van der Waals surface area contributed by atoms with E-state index in [9.17, 15) is 17.6 Å². The first-order chi connectivity index (χ1) is 11.8. The average Bonchev–Trinajstić information content (AvgIpc) is 2.59. The Morgan fingerprint density at radius 2 is 1.84 bits per heavy atom. The van der Waals surface area contributed by atoms with Crippen molar-refractivity contribution in [2.75, 3.05) is 13.2 Å². The highest BCUT2D eigenvalue weighted by molar-refractivity contribution is 7.92. The molecule has 0 aliphatic heterocycles. The Kier molecular flexibility index (Phi) is 6.14. The van der Waals surface area contributed by atoms with Gasteiger partial charge in [0, 0.05) is 0 Å². The second-order valence-corrected chi connectivity index (χ2v) is 8.16. The molecule has 0 fully saturated rings. The molecule has 0 heterocycles. The Balaban J connectivity index is 2.01. The van der Waals surface area contributed by atoms with Crippen LogP contribution in [0.4, 0.5) is 4.39 Å².